The predicted molar refractivity (Wildman–Crippen MR) is 57.6 cm³/mol. The Balaban J connectivity index is 3.55. The monoisotopic (exact) mass is 385 g/mol. The summed E-state index contributed by atoms with van der Waals surface area (Å²) in [6.45, 7) is 1.23. The molecule has 0 fully saturated rings. The number of hydrogen-bond donors (Lipinski definition) is 0. The molecule has 0 nitrogen and oxygen atoms in total. The standard InChI is InChI=1S/C10H5F7I/c1-5-2-6(4-7(18)3-5)8(11,9(12,13)14)10(15,16)17/h2,4H,1H3. The van der Waals surface area contributed by atoms with Crippen LogP contribution in [0.25, 0.3) is 0 Å². The fourth-order valence-electron chi connectivity index (χ4n) is 1.36. The predicted octanol–water partition coefficient (Wildman–Crippen LogP) is 4.69. The molecule has 0 unspecified atom stereocenters. The van der Waals surface area contributed by atoms with Crippen LogP contribution in [0.3, 0.4) is 0 Å². The molecule has 0 saturated heterocycles. The van der Waals surface area contributed by atoms with Gasteiger partial charge >= 0.3 is 18.0 Å². The van der Waals surface area contributed by atoms with E-state index in [0.717, 1.165) is 0 Å². The molecule has 0 saturated carbocycles. The van der Waals surface area contributed by atoms with Gasteiger partial charge in [-0.05, 0) is 47.2 Å². The zero-order chi connectivity index (χ0) is 14.4. The lowest BCUT2D eigenvalue weighted by Crippen LogP contribution is -2.50. The van der Waals surface area contributed by atoms with Gasteiger partial charge < -0.3 is 0 Å². The molecule has 101 valence electrons. The van der Waals surface area contributed by atoms with Gasteiger partial charge in [0.25, 0.3) is 0 Å². The summed E-state index contributed by atoms with van der Waals surface area (Å²) < 4.78 is 88.3. The summed E-state index contributed by atoms with van der Waals surface area (Å²) in [7, 11) is 0. The maximum Gasteiger partial charge on any atom is 0.435 e. The molecule has 0 aromatic heterocycles. The smallest absolute Gasteiger partial charge is 0.218 e. The fourth-order valence-corrected chi connectivity index (χ4v) is 2.12. The summed E-state index contributed by atoms with van der Waals surface area (Å²) in [5, 5.41) is 0. The highest BCUT2D eigenvalue weighted by molar-refractivity contribution is 14.1. The number of halogens is 8. The van der Waals surface area contributed by atoms with Crippen LogP contribution in [-0.4, -0.2) is 12.4 Å². The van der Waals surface area contributed by atoms with Crippen molar-refractivity contribution in [2.75, 3.05) is 0 Å². The number of benzene rings is 1. The van der Waals surface area contributed by atoms with Crippen LogP contribution in [0.4, 0.5) is 30.7 Å². The summed E-state index contributed by atoms with van der Waals surface area (Å²) in [5.41, 5.74) is -6.87. The van der Waals surface area contributed by atoms with Gasteiger partial charge in [0.1, 0.15) is 0 Å². The van der Waals surface area contributed by atoms with E-state index in [4.69, 9.17) is 0 Å². The largest absolute Gasteiger partial charge is 0.435 e. The SMILES string of the molecule is Cc1[c]c(I)cc(C(F)(C(F)(F)F)C(F)(F)F)c1. The minimum atomic E-state index is -6.08. The molecule has 18 heavy (non-hydrogen) atoms. The first-order chi connectivity index (χ1) is 7.89. The van der Waals surface area contributed by atoms with Crippen LogP contribution in [0.1, 0.15) is 11.1 Å². The lowest BCUT2D eigenvalue weighted by molar-refractivity contribution is -0.348. The van der Waals surface area contributed by atoms with E-state index >= 15 is 0 Å². The molecule has 0 aliphatic carbocycles. The first kappa shape index (κ1) is 15.5. The Morgan fingerprint density at radius 1 is 0.944 bits per heavy atom. The van der Waals surface area contributed by atoms with E-state index in [1.54, 1.807) is 0 Å². The molecule has 0 spiro atoms. The lowest BCUT2D eigenvalue weighted by atomic mass is 9.93. The highest BCUT2D eigenvalue weighted by Gasteiger charge is 2.73. The molecule has 0 amide bonds. The van der Waals surface area contributed by atoms with Crippen LogP contribution in [0.2, 0.25) is 0 Å². The molecule has 1 aromatic carbocycles. The van der Waals surface area contributed by atoms with Crippen LogP contribution in [0.15, 0.2) is 12.1 Å². The van der Waals surface area contributed by atoms with Crippen LogP contribution in [0.5, 0.6) is 0 Å². The van der Waals surface area contributed by atoms with E-state index in [-0.39, 0.29) is 9.13 Å². The summed E-state index contributed by atoms with van der Waals surface area (Å²) >= 11 is 1.47. The summed E-state index contributed by atoms with van der Waals surface area (Å²) in [6.07, 6.45) is -12.2. The van der Waals surface area contributed by atoms with Gasteiger partial charge in [0, 0.05) is 9.13 Å². The average Bonchev–Trinajstić information content (AvgIpc) is 2.11. The Morgan fingerprint density at radius 2 is 1.39 bits per heavy atom. The quantitative estimate of drug-likeness (QED) is 0.486. The molecule has 1 aromatic rings. The van der Waals surface area contributed by atoms with Crippen LogP contribution in [0, 0.1) is 16.6 Å². The van der Waals surface area contributed by atoms with Gasteiger partial charge in [-0.1, -0.05) is 6.07 Å². The van der Waals surface area contributed by atoms with Crippen molar-refractivity contribution in [1.29, 1.82) is 0 Å². The third-order valence-corrected chi connectivity index (χ3v) is 2.73. The van der Waals surface area contributed by atoms with Crippen molar-refractivity contribution in [2.24, 2.45) is 0 Å². The van der Waals surface area contributed by atoms with E-state index in [2.05, 4.69) is 6.07 Å². The van der Waals surface area contributed by atoms with Gasteiger partial charge in [0.05, 0.1) is 0 Å². The van der Waals surface area contributed by atoms with Gasteiger partial charge in [-0.3, -0.25) is 0 Å². The Morgan fingerprint density at radius 3 is 1.72 bits per heavy atom. The Kier molecular flexibility index (Phi) is 3.91. The van der Waals surface area contributed by atoms with Crippen molar-refractivity contribution >= 4 is 22.6 Å². The van der Waals surface area contributed by atoms with E-state index < -0.39 is 23.6 Å². The lowest BCUT2D eigenvalue weighted by Gasteiger charge is -2.30. The van der Waals surface area contributed by atoms with E-state index in [0.29, 0.717) is 12.1 Å². The average molecular weight is 385 g/mol. The maximum absolute atomic E-state index is 13.6. The van der Waals surface area contributed by atoms with E-state index in [1.165, 1.54) is 29.5 Å². The highest BCUT2D eigenvalue weighted by Crippen LogP contribution is 2.53. The molecule has 0 heterocycles. The third kappa shape index (κ3) is 2.57. The van der Waals surface area contributed by atoms with Crippen LogP contribution in [-0.2, 0) is 5.67 Å². The van der Waals surface area contributed by atoms with Gasteiger partial charge in [-0.25, -0.2) is 4.39 Å². The molecular formula is C10H5F7I. The van der Waals surface area contributed by atoms with Crippen LogP contribution >= 0.6 is 22.6 Å². The maximum atomic E-state index is 13.6. The van der Waals surface area contributed by atoms with Crippen molar-refractivity contribution in [3.63, 3.8) is 0 Å². The minimum absolute atomic E-state index is 0.00701. The summed E-state index contributed by atoms with van der Waals surface area (Å²) in [5.74, 6) is 0. The fraction of sp³-hybridized carbons (Fsp3) is 0.400. The molecule has 8 heteroatoms. The van der Waals surface area contributed by atoms with Gasteiger partial charge in [-0.15, -0.1) is 0 Å². The van der Waals surface area contributed by atoms with Crippen LogP contribution < -0.4 is 0 Å². The number of alkyl halides is 7. The molecular weight excluding hydrogens is 380 g/mol. The molecule has 1 radical (unpaired) electrons. The first-order valence-electron chi connectivity index (χ1n) is 4.42. The van der Waals surface area contributed by atoms with Gasteiger partial charge in [-0.2, -0.15) is 26.3 Å². The molecule has 1 rings (SSSR count). The van der Waals surface area contributed by atoms with Crippen molar-refractivity contribution in [2.45, 2.75) is 24.9 Å². The minimum Gasteiger partial charge on any atom is -0.218 e. The number of aryl methyl sites for hydroxylation is 1. The number of hydrogen-bond acceptors (Lipinski definition) is 0. The van der Waals surface area contributed by atoms with Crippen molar-refractivity contribution in [3.05, 3.63) is 32.9 Å². The second-order valence-corrected chi connectivity index (χ2v) is 4.72. The van der Waals surface area contributed by atoms with Gasteiger partial charge in [0.15, 0.2) is 0 Å². The zero-order valence-electron chi connectivity index (χ0n) is 8.68. The normalized spacial score (nSPS) is 13.8. The summed E-state index contributed by atoms with van der Waals surface area (Å²) in [4.78, 5) is 0. The van der Waals surface area contributed by atoms with E-state index in [9.17, 15) is 30.7 Å². The second kappa shape index (κ2) is 4.53. The molecule has 0 atom stereocenters. The molecule has 0 aliphatic heterocycles. The molecule has 0 aliphatic rings. The Hall–Kier alpha value is -0.540. The topological polar surface area (TPSA) is 0 Å². The zero-order valence-corrected chi connectivity index (χ0v) is 10.8. The van der Waals surface area contributed by atoms with Gasteiger partial charge in [0.2, 0.25) is 0 Å². The summed E-state index contributed by atoms with van der Waals surface area (Å²) in [6, 6.07) is 3.44. The van der Waals surface area contributed by atoms with E-state index in [1.807, 2.05) is 0 Å². The van der Waals surface area contributed by atoms with Crippen molar-refractivity contribution in [3.8, 4) is 0 Å². The molecule has 0 N–H and O–H groups in total. The first-order valence-corrected chi connectivity index (χ1v) is 5.50. The second-order valence-electron chi connectivity index (χ2n) is 3.55. The highest BCUT2D eigenvalue weighted by atomic mass is 127. The third-order valence-electron chi connectivity index (χ3n) is 2.15. The number of rotatable bonds is 1. The Labute approximate surface area is 111 Å². The van der Waals surface area contributed by atoms with Crippen molar-refractivity contribution in [1.82, 2.24) is 0 Å². The Bertz CT molecular complexity index is 412. The van der Waals surface area contributed by atoms with Crippen molar-refractivity contribution < 1.29 is 30.7 Å². The molecule has 0 bridgehead atoms.